The van der Waals surface area contributed by atoms with Crippen LogP contribution in [0.4, 0.5) is 4.39 Å². The third-order valence-corrected chi connectivity index (χ3v) is 16.6. The van der Waals surface area contributed by atoms with Crippen LogP contribution >= 0.6 is 0 Å². The summed E-state index contributed by atoms with van der Waals surface area (Å²) >= 11 is -1.79. The number of halogens is 1. The molecular weight excluding hydrogens is 1070 g/mol. The molecule has 1 radical (unpaired) electrons. The predicted molar refractivity (Wildman–Crippen MR) is 270 cm³/mol. The minimum atomic E-state index is -1.79. The topological polar surface area (TPSA) is 80.8 Å². The number of benzene rings is 7. The normalized spacial score (nSPS) is 11.7. The summed E-state index contributed by atoms with van der Waals surface area (Å²) < 4.78 is 29.9. The fraction of sp³-hybridized carbons (Fsp3) is 0.155. The number of hydrogen-bond donors (Lipinski definition) is 0. The quantitative estimate of drug-likeness (QED) is 0.117. The van der Waals surface area contributed by atoms with E-state index in [2.05, 4.69) is 146 Å². The zero-order chi connectivity index (χ0) is 45.9. The summed E-state index contributed by atoms with van der Waals surface area (Å²) in [5, 5.41) is 13.7. The van der Waals surface area contributed by atoms with Crippen LogP contribution < -0.4 is 4.40 Å². The molecule has 0 spiro atoms. The maximum Gasteiger partial charge on any atom is 0 e. The van der Waals surface area contributed by atoms with E-state index in [1.165, 1.54) is 22.1 Å². The van der Waals surface area contributed by atoms with Gasteiger partial charge in [-0.2, -0.15) is 5.26 Å². The molecule has 0 aliphatic carbocycles. The molecule has 9 heteroatoms. The Hall–Kier alpha value is -6.63. The number of aromatic nitrogens is 3. The monoisotopic (exact) mass is 1120 g/mol. The van der Waals surface area contributed by atoms with Gasteiger partial charge in [0.15, 0.2) is 0 Å². The Morgan fingerprint density at radius 3 is 2.13 bits per heavy atom. The van der Waals surface area contributed by atoms with Gasteiger partial charge < -0.3 is 13.4 Å². The number of para-hydroxylation sites is 2. The van der Waals surface area contributed by atoms with Gasteiger partial charge >= 0.3 is 104 Å². The van der Waals surface area contributed by atoms with Crippen LogP contribution in [0.15, 0.2) is 155 Å². The van der Waals surface area contributed by atoms with E-state index in [1.807, 2.05) is 48.7 Å². The average molecular weight is 1120 g/mol. The first-order valence-electron chi connectivity index (χ1n) is 22.4. The number of nitriles is 1. The summed E-state index contributed by atoms with van der Waals surface area (Å²) in [5.41, 5.74) is 13.7. The van der Waals surface area contributed by atoms with Gasteiger partial charge in [0, 0.05) is 47.5 Å². The Bertz CT molecular complexity index is 3650. The van der Waals surface area contributed by atoms with Gasteiger partial charge in [0.1, 0.15) is 16.7 Å². The van der Waals surface area contributed by atoms with Gasteiger partial charge in [-0.15, -0.1) is 18.2 Å². The zero-order valence-electron chi connectivity index (χ0n) is 38.3. The summed E-state index contributed by atoms with van der Waals surface area (Å²) in [4.78, 5) is 9.71. The number of fused-ring (bicyclic) bond motifs is 7. The molecule has 0 fully saturated rings. The number of hydrogen-bond acceptors (Lipinski definition) is 5. The Morgan fingerprint density at radius 1 is 0.701 bits per heavy atom. The fourth-order valence-corrected chi connectivity index (χ4v) is 11.1. The van der Waals surface area contributed by atoms with Gasteiger partial charge in [0.2, 0.25) is 0 Å². The largest absolute Gasteiger partial charge is 0 e. The van der Waals surface area contributed by atoms with Crippen molar-refractivity contribution in [1.29, 1.82) is 5.26 Å². The van der Waals surface area contributed by atoms with E-state index >= 15 is 0 Å². The van der Waals surface area contributed by atoms with Gasteiger partial charge in [-0.1, -0.05) is 93.2 Å². The Labute approximate surface area is 405 Å². The molecule has 0 N–H and O–H groups in total. The molecule has 0 amide bonds. The van der Waals surface area contributed by atoms with Gasteiger partial charge in [0.25, 0.3) is 0 Å². The van der Waals surface area contributed by atoms with Crippen LogP contribution in [0.2, 0.25) is 17.3 Å². The fourth-order valence-electron chi connectivity index (χ4n) is 8.94. The molecule has 0 aliphatic rings. The van der Waals surface area contributed by atoms with E-state index in [-0.39, 0.29) is 37.8 Å². The van der Waals surface area contributed by atoms with Crippen LogP contribution in [-0.4, -0.2) is 27.8 Å². The van der Waals surface area contributed by atoms with Crippen LogP contribution in [0, 0.1) is 29.3 Å². The minimum Gasteiger partial charge on any atom is 0 e. The molecule has 0 bridgehead atoms. The number of furan rings is 2. The van der Waals surface area contributed by atoms with Crippen LogP contribution in [0.3, 0.4) is 0 Å². The van der Waals surface area contributed by atoms with Crippen molar-refractivity contribution in [2.24, 2.45) is 0 Å². The molecule has 0 unspecified atom stereocenters. The summed E-state index contributed by atoms with van der Waals surface area (Å²) in [6.07, 6.45) is 1.95. The van der Waals surface area contributed by atoms with E-state index in [0.29, 0.717) is 16.7 Å². The van der Waals surface area contributed by atoms with Gasteiger partial charge in [-0.25, -0.2) is 0 Å². The summed E-state index contributed by atoms with van der Waals surface area (Å²) in [5.74, 6) is 7.82. The predicted octanol–water partition coefficient (Wildman–Crippen LogP) is 15.3. The van der Waals surface area contributed by atoms with E-state index in [9.17, 15) is 9.65 Å². The first-order chi connectivity index (χ1) is 31.9. The maximum atomic E-state index is 12.8. The van der Waals surface area contributed by atoms with Crippen molar-refractivity contribution in [2.45, 2.75) is 56.8 Å². The number of rotatable bonds is 7. The second kappa shape index (κ2) is 18.2. The van der Waals surface area contributed by atoms with Crippen LogP contribution in [0.5, 0.6) is 0 Å². The van der Waals surface area contributed by atoms with Crippen molar-refractivity contribution in [2.75, 3.05) is 0 Å². The molecule has 4 heterocycles. The molecule has 11 rings (SSSR count). The molecule has 0 aliphatic heterocycles. The van der Waals surface area contributed by atoms with Crippen molar-refractivity contribution in [3.63, 3.8) is 0 Å². The van der Waals surface area contributed by atoms with E-state index in [1.54, 1.807) is 12.1 Å². The molecule has 6 nitrogen and oxygen atoms in total. The first-order valence-corrected chi connectivity index (χ1v) is 29.7. The second-order valence-electron chi connectivity index (χ2n) is 18.5. The number of imidazole rings is 1. The van der Waals surface area contributed by atoms with Crippen LogP contribution in [-0.2, 0) is 20.1 Å². The molecule has 4 aromatic heterocycles. The SMILES string of the molecule is CC(C)c1cc2c(oc3cc(-c4ccccc4)ccc32)c(C(C)C)c1-n1c(-c2[c-]ccc3c2oc2cc(C#N)ccc23)nc2ccccc21.[CH3][Ge]([CH3])([CH3])[c]1ccc(-c2[c-]cc(F)cc2)nc1.[Ir]. The van der Waals surface area contributed by atoms with Crippen LogP contribution in [0.1, 0.15) is 56.2 Å². The van der Waals surface area contributed by atoms with Gasteiger partial charge in [0.05, 0.1) is 34.1 Å². The summed E-state index contributed by atoms with van der Waals surface area (Å²) in [6.45, 7) is 8.98. The number of pyridine rings is 1. The Morgan fingerprint density at radius 2 is 1.43 bits per heavy atom. The van der Waals surface area contributed by atoms with Gasteiger partial charge in [-0.3, -0.25) is 4.98 Å². The molecule has 0 saturated heterocycles. The summed E-state index contributed by atoms with van der Waals surface area (Å²) in [7, 11) is 0. The smallest absolute Gasteiger partial charge is 0 e. The Balaban J connectivity index is 0.000000264. The molecule has 0 atom stereocenters. The van der Waals surface area contributed by atoms with E-state index in [0.717, 1.165) is 88.8 Å². The van der Waals surface area contributed by atoms with Crippen molar-refractivity contribution < 1.29 is 33.3 Å². The minimum absolute atomic E-state index is 0. The molecule has 67 heavy (non-hydrogen) atoms. The molecule has 11 aromatic rings. The van der Waals surface area contributed by atoms with E-state index in [4.69, 9.17) is 13.8 Å². The number of nitrogens with zero attached hydrogens (tertiary/aromatic N) is 4. The Kier molecular flexibility index (Phi) is 12.4. The second-order valence-corrected chi connectivity index (χ2v) is 29.1. The van der Waals surface area contributed by atoms with Gasteiger partial charge in [-0.05, 0) is 71.0 Å². The standard InChI is InChI=1S/C44H32N3O2.C14H15FGeN.Ir/c1-25(2)34-23-35-31-20-18-29(28-11-6-5-7-12-28)22-39(31)49-43(35)40(26(3)4)41(34)47-37-16-9-8-15-36(37)46-44(47)33-14-10-13-32-30-19-17-27(24-45)21-38(30)48-42(32)33;1-16(2,3)13-8-9-14(17-10-13)11-4-6-12(15)7-5-11;/h5-13,15-23,25-26H,1-4H3;4,6-10H,1-3H3;/q2*-1;. The molecule has 7 aromatic carbocycles. The maximum absolute atomic E-state index is 12.8. The third kappa shape index (κ3) is 8.42. The van der Waals surface area contributed by atoms with Crippen molar-refractivity contribution >= 4 is 72.6 Å². The zero-order valence-corrected chi connectivity index (χ0v) is 42.8. The van der Waals surface area contributed by atoms with Crippen molar-refractivity contribution in [3.05, 3.63) is 180 Å². The van der Waals surface area contributed by atoms with E-state index < -0.39 is 13.3 Å². The van der Waals surface area contributed by atoms with Crippen LogP contribution in [0.25, 0.3) is 94.4 Å². The van der Waals surface area contributed by atoms with Crippen molar-refractivity contribution in [1.82, 2.24) is 14.5 Å². The summed E-state index contributed by atoms with van der Waals surface area (Å²) in [6, 6.07) is 54.4. The van der Waals surface area contributed by atoms with Crippen molar-refractivity contribution in [3.8, 4) is 45.5 Å². The molecule has 0 saturated carbocycles. The molecule has 333 valence electrons. The average Bonchev–Trinajstić information content (AvgIpc) is 4.02. The molecular formula is C58H47FGeIrN4O2-2. The third-order valence-electron chi connectivity index (χ3n) is 12.4. The first kappa shape index (κ1) is 45.5.